The first kappa shape index (κ1) is 22.2. The molecule has 2 N–H and O–H groups in total. The van der Waals surface area contributed by atoms with E-state index < -0.39 is 6.04 Å². The Balaban J connectivity index is 0.00000280. The van der Waals surface area contributed by atoms with E-state index in [1.807, 2.05) is 38.4 Å². The van der Waals surface area contributed by atoms with E-state index >= 15 is 0 Å². The summed E-state index contributed by atoms with van der Waals surface area (Å²) in [5, 5.41) is 10.2. The van der Waals surface area contributed by atoms with Crippen molar-refractivity contribution in [1.29, 1.82) is 0 Å². The molecule has 0 spiro atoms. The van der Waals surface area contributed by atoms with Crippen molar-refractivity contribution < 1.29 is 14.3 Å². The Hall–Kier alpha value is -2.09. The van der Waals surface area contributed by atoms with Gasteiger partial charge in [-0.15, -0.1) is 12.4 Å². The first-order valence-corrected chi connectivity index (χ1v) is 9.30. The number of carbonyl (C=O) groups excluding carboxylic acids is 1. The Kier molecular flexibility index (Phi) is 8.29. The van der Waals surface area contributed by atoms with Crippen molar-refractivity contribution >= 4 is 18.3 Å². The molecule has 1 aromatic heterocycles. The van der Waals surface area contributed by atoms with Crippen molar-refractivity contribution in [1.82, 2.24) is 20.4 Å². The van der Waals surface area contributed by atoms with E-state index in [2.05, 4.69) is 15.7 Å². The zero-order valence-corrected chi connectivity index (χ0v) is 17.4. The van der Waals surface area contributed by atoms with Crippen LogP contribution in [0, 0.1) is 12.8 Å². The highest BCUT2D eigenvalue weighted by atomic mass is 35.5. The second kappa shape index (κ2) is 10.5. The van der Waals surface area contributed by atoms with Crippen LogP contribution in [0.15, 0.2) is 30.6 Å². The molecule has 154 valence electrons. The molecule has 28 heavy (non-hydrogen) atoms. The van der Waals surface area contributed by atoms with Crippen LogP contribution in [-0.4, -0.2) is 42.6 Å². The van der Waals surface area contributed by atoms with Crippen LogP contribution in [0.1, 0.15) is 29.2 Å². The molecule has 1 aromatic carbocycles. The number of nitrogens with one attached hydrogen (secondary N) is 2. The monoisotopic (exact) mass is 408 g/mol. The maximum Gasteiger partial charge on any atom is 0.242 e. The van der Waals surface area contributed by atoms with Gasteiger partial charge < -0.3 is 20.1 Å². The Labute approximate surface area is 172 Å². The summed E-state index contributed by atoms with van der Waals surface area (Å²) in [4.78, 5) is 12.6. The second-order valence-corrected chi connectivity index (χ2v) is 7.04. The number of rotatable bonds is 8. The fourth-order valence-electron chi connectivity index (χ4n) is 3.19. The van der Waals surface area contributed by atoms with Gasteiger partial charge in [0.15, 0.2) is 0 Å². The molecule has 2 unspecified atom stereocenters. The zero-order chi connectivity index (χ0) is 19.2. The van der Waals surface area contributed by atoms with E-state index in [-0.39, 0.29) is 18.3 Å². The average molecular weight is 409 g/mol. The van der Waals surface area contributed by atoms with Crippen LogP contribution in [0.3, 0.4) is 0 Å². The Morgan fingerprint density at radius 3 is 2.93 bits per heavy atom. The van der Waals surface area contributed by atoms with Crippen molar-refractivity contribution in [3.63, 3.8) is 0 Å². The van der Waals surface area contributed by atoms with Gasteiger partial charge in [0.2, 0.25) is 5.91 Å². The number of halogens is 1. The summed E-state index contributed by atoms with van der Waals surface area (Å²) in [5.74, 6) is 1.16. The molecule has 1 amide bonds. The minimum atomic E-state index is -0.441. The number of nitrogens with zero attached hydrogens (tertiary/aromatic N) is 2. The number of carbonyl (C=O) groups is 1. The summed E-state index contributed by atoms with van der Waals surface area (Å²) in [6, 6.07) is 5.62. The largest absolute Gasteiger partial charge is 0.493 e. The van der Waals surface area contributed by atoms with Crippen LogP contribution < -0.4 is 15.4 Å². The normalized spacial score (nSPS) is 17.0. The van der Waals surface area contributed by atoms with Gasteiger partial charge in [0, 0.05) is 43.4 Å². The first-order chi connectivity index (χ1) is 13.1. The Bertz CT molecular complexity index is 775. The number of likely N-dealkylation sites (N-methyl/N-ethyl adjacent to an activating group) is 1. The number of hydrogen-bond acceptors (Lipinski definition) is 5. The molecule has 1 saturated heterocycles. The highest BCUT2D eigenvalue weighted by molar-refractivity contribution is 5.85. The van der Waals surface area contributed by atoms with E-state index in [1.165, 1.54) is 0 Å². The van der Waals surface area contributed by atoms with Gasteiger partial charge in [-0.2, -0.15) is 5.10 Å². The predicted molar refractivity (Wildman–Crippen MR) is 110 cm³/mol. The van der Waals surface area contributed by atoms with Crippen LogP contribution >= 0.6 is 12.4 Å². The molecule has 8 heteroatoms. The highest BCUT2D eigenvalue weighted by Crippen LogP contribution is 2.23. The Morgan fingerprint density at radius 1 is 1.46 bits per heavy atom. The molecular formula is C20H29ClN4O3. The summed E-state index contributed by atoms with van der Waals surface area (Å²) in [6.07, 6.45) is 4.57. The lowest BCUT2D eigenvalue weighted by atomic mass is 10.1. The molecule has 2 aromatic rings. The summed E-state index contributed by atoms with van der Waals surface area (Å²) in [6.45, 7) is 4.65. The molecule has 0 radical (unpaired) electrons. The highest BCUT2D eigenvalue weighted by Gasteiger charge is 2.21. The molecule has 1 aliphatic heterocycles. The molecule has 2 atom stereocenters. The first-order valence-electron chi connectivity index (χ1n) is 9.30. The molecule has 1 aliphatic rings. The lowest BCUT2D eigenvalue weighted by Gasteiger charge is -2.17. The van der Waals surface area contributed by atoms with Crippen molar-refractivity contribution in [2.45, 2.75) is 25.9 Å². The summed E-state index contributed by atoms with van der Waals surface area (Å²) in [5.41, 5.74) is 2.93. The maximum absolute atomic E-state index is 12.6. The fourth-order valence-corrected chi connectivity index (χ4v) is 3.19. The van der Waals surface area contributed by atoms with Crippen molar-refractivity contribution in [2.24, 2.45) is 13.0 Å². The summed E-state index contributed by atoms with van der Waals surface area (Å²) < 4.78 is 13.1. The molecule has 1 fully saturated rings. The quantitative estimate of drug-likeness (QED) is 0.699. The summed E-state index contributed by atoms with van der Waals surface area (Å²) >= 11 is 0. The van der Waals surface area contributed by atoms with Crippen LogP contribution in [-0.2, 0) is 23.1 Å². The minimum absolute atomic E-state index is 0. The van der Waals surface area contributed by atoms with E-state index in [0.717, 1.165) is 42.1 Å². The molecule has 0 bridgehead atoms. The van der Waals surface area contributed by atoms with Crippen molar-refractivity contribution in [3.05, 3.63) is 47.3 Å². The molecule has 7 nitrogen and oxygen atoms in total. The third kappa shape index (κ3) is 5.70. The van der Waals surface area contributed by atoms with Crippen LogP contribution in [0.25, 0.3) is 0 Å². The summed E-state index contributed by atoms with van der Waals surface area (Å²) in [7, 11) is 3.60. The van der Waals surface area contributed by atoms with E-state index in [9.17, 15) is 4.79 Å². The number of aromatic nitrogens is 2. The molecule has 0 saturated carbocycles. The van der Waals surface area contributed by atoms with E-state index in [4.69, 9.17) is 9.47 Å². The van der Waals surface area contributed by atoms with Gasteiger partial charge >= 0.3 is 0 Å². The molecule has 3 rings (SSSR count). The third-order valence-electron chi connectivity index (χ3n) is 4.78. The topological polar surface area (TPSA) is 77.4 Å². The predicted octanol–water partition coefficient (Wildman–Crippen LogP) is 2.14. The van der Waals surface area contributed by atoms with Gasteiger partial charge in [0.1, 0.15) is 11.8 Å². The van der Waals surface area contributed by atoms with Crippen LogP contribution in [0.2, 0.25) is 0 Å². The van der Waals surface area contributed by atoms with Crippen molar-refractivity contribution in [2.75, 3.05) is 26.9 Å². The lowest BCUT2D eigenvalue weighted by Crippen LogP contribution is -2.35. The minimum Gasteiger partial charge on any atom is -0.493 e. The SMILES string of the molecule is CNC(C(=O)NCc1ccc(C)cc1OCC1CCOC1)c1cnn(C)c1.Cl. The third-order valence-corrected chi connectivity index (χ3v) is 4.78. The van der Waals surface area contributed by atoms with Crippen LogP contribution in [0.5, 0.6) is 5.75 Å². The van der Waals surface area contributed by atoms with Gasteiger partial charge in [-0.25, -0.2) is 0 Å². The standard InChI is InChI=1S/C20H28N4O3.ClH/c1-14-4-5-16(18(8-14)27-13-15-6-7-26-12-15)9-22-20(25)19(21-2)17-10-23-24(3)11-17;/h4-5,8,10-11,15,19,21H,6-7,9,12-13H2,1-3H3,(H,22,25);1H. The van der Waals surface area contributed by atoms with Gasteiger partial charge in [-0.1, -0.05) is 12.1 Å². The van der Waals surface area contributed by atoms with Gasteiger partial charge in [-0.3, -0.25) is 9.48 Å². The Morgan fingerprint density at radius 2 is 2.29 bits per heavy atom. The number of ether oxygens (including phenoxy) is 2. The fraction of sp³-hybridized carbons (Fsp3) is 0.500. The average Bonchev–Trinajstić information content (AvgIpc) is 3.31. The number of aryl methyl sites for hydroxylation is 2. The maximum atomic E-state index is 12.6. The van der Waals surface area contributed by atoms with Gasteiger partial charge in [-0.05, 0) is 32.0 Å². The van der Waals surface area contributed by atoms with Crippen LogP contribution in [0.4, 0.5) is 0 Å². The van der Waals surface area contributed by atoms with Gasteiger partial charge in [0.25, 0.3) is 0 Å². The van der Waals surface area contributed by atoms with E-state index in [0.29, 0.717) is 19.1 Å². The lowest BCUT2D eigenvalue weighted by molar-refractivity contribution is -0.123. The number of amides is 1. The number of hydrogen-bond donors (Lipinski definition) is 2. The molecule has 0 aliphatic carbocycles. The van der Waals surface area contributed by atoms with E-state index in [1.54, 1.807) is 17.9 Å². The van der Waals surface area contributed by atoms with Crippen molar-refractivity contribution in [3.8, 4) is 5.75 Å². The number of benzene rings is 1. The zero-order valence-electron chi connectivity index (χ0n) is 16.6. The van der Waals surface area contributed by atoms with Gasteiger partial charge in [0.05, 0.1) is 19.4 Å². The molecule has 2 heterocycles. The smallest absolute Gasteiger partial charge is 0.242 e. The second-order valence-electron chi connectivity index (χ2n) is 7.04. The molecular weight excluding hydrogens is 380 g/mol.